The number of ether oxygens (including phenoxy) is 2. The van der Waals surface area contributed by atoms with E-state index in [-0.39, 0.29) is 11.6 Å². The Bertz CT molecular complexity index is 956. The van der Waals surface area contributed by atoms with Crippen molar-refractivity contribution in [2.24, 2.45) is 4.99 Å². The summed E-state index contributed by atoms with van der Waals surface area (Å²) in [7, 11) is 1.94. The van der Waals surface area contributed by atoms with Gasteiger partial charge in [0.1, 0.15) is 5.75 Å². The SMILES string of the molecule is CCOc1ccccc1C1=N/C(=C\c2ccc(N(C)CCC#N)cc2)C(=O)O1. The van der Waals surface area contributed by atoms with Crippen LogP contribution in [0.2, 0.25) is 0 Å². The van der Waals surface area contributed by atoms with E-state index in [2.05, 4.69) is 11.1 Å². The van der Waals surface area contributed by atoms with E-state index in [4.69, 9.17) is 14.7 Å². The Labute approximate surface area is 164 Å². The first-order valence-electron chi connectivity index (χ1n) is 9.05. The van der Waals surface area contributed by atoms with Gasteiger partial charge >= 0.3 is 5.97 Å². The third-order valence-electron chi connectivity index (χ3n) is 4.23. The largest absolute Gasteiger partial charge is 0.493 e. The Hall–Kier alpha value is -3.59. The number of anilines is 1. The second kappa shape index (κ2) is 8.87. The molecule has 3 rings (SSSR count). The first-order valence-corrected chi connectivity index (χ1v) is 9.05. The Balaban J connectivity index is 1.81. The van der Waals surface area contributed by atoms with Crippen molar-refractivity contribution < 1.29 is 14.3 Å². The lowest BCUT2D eigenvalue weighted by atomic mass is 10.1. The first kappa shape index (κ1) is 19.2. The number of benzene rings is 2. The molecule has 6 heteroatoms. The summed E-state index contributed by atoms with van der Waals surface area (Å²) in [5.41, 5.74) is 2.73. The predicted molar refractivity (Wildman–Crippen MR) is 108 cm³/mol. The number of carbonyl (C=O) groups is 1. The zero-order chi connectivity index (χ0) is 19.9. The number of carbonyl (C=O) groups excluding carboxylic acids is 1. The van der Waals surface area contributed by atoms with Gasteiger partial charge in [-0.3, -0.25) is 0 Å². The van der Waals surface area contributed by atoms with Gasteiger partial charge in [-0.2, -0.15) is 5.26 Å². The minimum atomic E-state index is -0.489. The Morgan fingerprint density at radius 1 is 1.21 bits per heavy atom. The minimum absolute atomic E-state index is 0.242. The average Bonchev–Trinajstić information content (AvgIpc) is 3.07. The molecule has 142 valence electrons. The summed E-state index contributed by atoms with van der Waals surface area (Å²) >= 11 is 0. The average molecular weight is 375 g/mol. The number of esters is 1. The van der Waals surface area contributed by atoms with Gasteiger partial charge in [-0.1, -0.05) is 24.3 Å². The van der Waals surface area contributed by atoms with Gasteiger partial charge in [0.25, 0.3) is 0 Å². The third kappa shape index (κ3) is 4.38. The molecule has 2 aromatic rings. The van der Waals surface area contributed by atoms with Crippen LogP contribution >= 0.6 is 0 Å². The maximum atomic E-state index is 12.2. The van der Waals surface area contributed by atoms with E-state index in [0.29, 0.717) is 30.9 Å². The van der Waals surface area contributed by atoms with Crippen LogP contribution < -0.4 is 9.64 Å². The molecular weight excluding hydrogens is 354 g/mol. The number of hydrogen-bond acceptors (Lipinski definition) is 6. The van der Waals surface area contributed by atoms with Crippen LogP contribution in [-0.2, 0) is 9.53 Å². The Morgan fingerprint density at radius 3 is 2.68 bits per heavy atom. The first-order chi connectivity index (χ1) is 13.6. The summed E-state index contributed by atoms with van der Waals surface area (Å²) in [6, 6.07) is 17.2. The van der Waals surface area contributed by atoms with Crippen LogP contribution in [0.1, 0.15) is 24.5 Å². The maximum absolute atomic E-state index is 12.2. The van der Waals surface area contributed by atoms with Crippen LogP contribution in [0.3, 0.4) is 0 Å². The Morgan fingerprint density at radius 2 is 1.96 bits per heavy atom. The molecule has 0 N–H and O–H groups in total. The zero-order valence-electron chi connectivity index (χ0n) is 15.9. The lowest BCUT2D eigenvalue weighted by molar-refractivity contribution is -0.129. The molecule has 6 nitrogen and oxygen atoms in total. The van der Waals surface area contributed by atoms with E-state index >= 15 is 0 Å². The molecule has 1 heterocycles. The summed E-state index contributed by atoms with van der Waals surface area (Å²) in [5.74, 6) is 0.382. The molecule has 1 aliphatic rings. The number of cyclic esters (lactones) is 1. The predicted octanol–water partition coefficient (Wildman–Crippen LogP) is 3.78. The van der Waals surface area contributed by atoms with Crippen molar-refractivity contribution in [2.45, 2.75) is 13.3 Å². The van der Waals surface area contributed by atoms with Crippen molar-refractivity contribution in [3.8, 4) is 11.8 Å². The highest BCUT2D eigenvalue weighted by atomic mass is 16.6. The molecule has 0 fully saturated rings. The van der Waals surface area contributed by atoms with Crippen LogP contribution in [0.25, 0.3) is 6.08 Å². The highest BCUT2D eigenvalue weighted by Gasteiger charge is 2.26. The fourth-order valence-electron chi connectivity index (χ4n) is 2.78. The van der Waals surface area contributed by atoms with Gasteiger partial charge < -0.3 is 14.4 Å². The van der Waals surface area contributed by atoms with Crippen molar-refractivity contribution in [2.75, 3.05) is 25.1 Å². The number of nitrogens with zero attached hydrogens (tertiary/aromatic N) is 3. The number of hydrogen-bond donors (Lipinski definition) is 0. The highest BCUT2D eigenvalue weighted by molar-refractivity contribution is 6.13. The number of para-hydroxylation sites is 1. The second-order valence-electron chi connectivity index (χ2n) is 6.19. The molecule has 0 saturated heterocycles. The van der Waals surface area contributed by atoms with Crippen LogP contribution in [0, 0.1) is 11.3 Å². The van der Waals surface area contributed by atoms with E-state index in [9.17, 15) is 4.79 Å². The molecule has 2 aromatic carbocycles. The van der Waals surface area contributed by atoms with Crippen molar-refractivity contribution >= 4 is 23.6 Å². The highest BCUT2D eigenvalue weighted by Crippen LogP contribution is 2.25. The van der Waals surface area contributed by atoms with Gasteiger partial charge in [0.05, 0.1) is 24.7 Å². The maximum Gasteiger partial charge on any atom is 0.363 e. The molecule has 1 aliphatic heterocycles. The number of nitriles is 1. The quantitative estimate of drug-likeness (QED) is 0.544. The molecule has 0 unspecified atom stereocenters. The van der Waals surface area contributed by atoms with Gasteiger partial charge in [-0.25, -0.2) is 9.79 Å². The minimum Gasteiger partial charge on any atom is -0.493 e. The van der Waals surface area contributed by atoms with Gasteiger partial charge in [0.15, 0.2) is 5.70 Å². The molecule has 0 bridgehead atoms. The summed E-state index contributed by atoms with van der Waals surface area (Å²) in [4.78, 5) is 18.6. The molecule has 0 atom stereocenters. The van der Waals surface area contributed by atoms with E-state index in [1.165, 1.54) is 0 Å². The van der Waals surface area contributed by atoms with Gasteiger partial charge in [-0.15, -0.1) is 0 Å². The smallest absolute Gasteiger partial charge is 0.363 e. The third-order valence-corrected chi connectivity index (χ3v) is 4.23. The number of aliphatic imine (C=N–C) groups is 1. The summed E-state index contributed by atoms with van der Waals surface area (Å²) in [6.07, 6.45) is 2.16. The topological polar surface area (TPSA) is 74.9 Å². The number of rotatable bonds is 7. The fourth-order valence-corrected chi connectivity index (χ4v) is 2.78. The van der Waals surface area contributed by atoms with Crippen LogP contribution in [0.15, 0.2) is 59.2 Å². The molecule has 28 heavy (non-hydrogen) atoms. The molecule has 0 radical (unpaired) electrons. The lowest BCUT2D eigenvalue weighted by Gasteiger charge is -2.17. The lowest BCUT2D eigenvalue weighted by Crippen LogP contribution is -2.17. The zero-order valence-corrected chi connectivity index (χ0v) is 15.9. The molecule has 0 saturated carbocycles. The monoisotopic (exact) mass is 375 g/mol. The summed E-state index contributed by atoms with van der Waals surface area (Å²) < 4.78 is 10.9. The molecule has 0 amide bonds. The molecule has 0 aliphatic carbocycles. The van der Waals surface area contributed by atoms with Crippen LogP contribution in [0.5, 0.6) is 5.75 Å². The van der Waals surface area contributed by atoms with Crippen LogP contribution in [-0.4, -0.2) is 32.1 Å². The standard InChI is InChI=1S/C22H21N3O3/c1-3-27-20-8-5-4-7-18(20)21-24-19(22(26)28-21)15-16-9-11-17(12-10-16)25(2)14-6-13-23/h4-5,7-12,15H,3,6,14H2,1-2H3/b19-15-. The van der Waals surface area contributed by atoms with Gasteiger partial charge in [0, 0.05) is 19.3 Å². The van der Waals surface area contributed by atoms with E-state index in [1.54, 1.807) is 6.08 Å². The normalized spacial score (nSPS) is 14.4. The van der Waals surface area contributed by atoms with Crippen molar-refractivity contribution in [3.05, 3.63) is 65.4 Å². The van der Waals surface area contributed by atoms with E-state index in [1.807, 2.05) is 67.4 Å². The van der Waals surface area contributed by atoms with Gasteiger partial charge in [0.2, 0.25) is 5.90 Å². The van der Waals surface area contributed by atoms with E-state index < -0.39 is 5.97 Å². The summed E-state index contributed by atoms with van der Waals surface area (Å²) in [6.45, 7) is 3.07. The van der Waals surface area contributed by atoms with Crippen molar-refractivity contribution in [1.29, 1.82) is 5.26 Å². The summed E-state index contributed by atoms with van der Waals surface area (Å²) in [5, 5.41) is 8.69. The van der Waals surface area contributed by atoms with E-state index in [0.717, 1.165) is 11.3 Å². The molecule has 0 aromatic heterocycles. The Kier molecular flexibility index (Phi) is 6.07. The van der Waals surface area contributed by atoms with Crippen molar-refractivity contribution in [1.82, 2.24) is 0 Å². The van der Waals surface area contributed by atoms with Crippen molar-refractivity contribution in [3.63, 3.8) is 0 Å². The second-order valence-corrected chi connectivity index (χ2v) is 6.19. The molecule has 0 spiro atoms. The van der Waals surface area contributed by atoms with Gasteiger partial charge in [-0.05, 0) is 42.8 Å². The molecular formula is C22H21N3O3. The fraction of sp³-hybridized carbons (Fsp3) is 0.227. The van der Waals surface area contributed by atoms with Crippen LogP contribution in [0.4, 0.5) is 5.69 Å².